The molecule has 2 aromatic rings. The monoisotopic (exact) mass is 282 g/mol. The van der Waals surface area contributed by atoms with Gasteiger partial charge in [0.15, 0.2) is 0 Å². The van der Waals surface area contributed by atoms with E-state index in [0.29, 0.717) is 6.54 Å². The molecule has 1 heterocycles. The molecule has 0 bridgehead atoms. The van der Waals surface area contributed by atoms with Crippen molar-refractivity contribution in [1.82, 2.24) is 0 Å². The van der Waals surface area contributed by atoms with Gasteiger partial charge in [0.25, 0.3) is 0 Å². The van der Waals surface area contributed by atoms with Gasteiger partial charge in [0.2, 0.25) is 0 Å². The van der Waals surface area contributed by atoms with Crippen LogP contribution in [-0.2, 0) is 6.54 Å². The van der Waals surface area contributed by atoms with Crippen molar-refractivity contribution >= 4 is 22.7 Å². The number of hydrogen-bond acceptors (Lipinski definition) is 4. The van der Waals surface area contributed by atoms with Gasteiger partial charge in [-0.05, 0) is 48.7 Å². The molecule has 3 rings (SSSR count). The molecule has 110 valence electrons. The lowest BCUT2D eigenvalue weighted by atomic mass is 10.1. The highest BCUT2D eigenvalue weighted by atomic mass is 15.2. The lowest BCUT2D eigenvalue weighted by Crippen LogP contribution is -2.19. The minimum Gasteiger partial charge on any atom is -0.399 e. The van der Waals surface area contributed by atoms with Gasteiger partial charge >= 0.3 is 0 Å². The molecule has 21 heavy (non-hydrogen) atoms. The van der Waals surface area contributed by atoms with Crippen molar-refractivity contribution < 1.29 is 0 Å². The maximum atomic E-state index is 6.01. The van der Waals surface area contributed by atoms with Crippen LogP contribution in [0.15, 0.2) is 42.5 Å². The van der Waals surface area contributed by atoms with Crippen molar-refractivity contribution in [2.45, 2.75) is 19.4 Å². The van der Waals surface area contributed by atoms with E-state index >= 15 is 0 Å². The largest absolute Gasteiger partial charge is 0.399 e. The second-order valence-electron chi connectivity index (χ2n) is 5.52. The number of nitrogens with zero attached hydrogens (tertiary/aromatic N) is 1. The number of nitrogen functional groups attached to an aromatic ring is 2. The number of rotatable bonds is 4. The zero-order valence-corrected chi connectivity index (χ0v) is 12.2. The number of anilines is 4. The minimum absolute atomic E-state index is 0.682. The maximum Gasteiger partial charge on any atom is 0.0602 e. The van der Waals surface area contributed by atoms with Crippen LogP contribution in [0.25, 0.3) is 0 Å². The van der Waals surface area contributed by atoms with Crippen molar-refractivity contribution in [2.75, 3.05) is 34.8 Å². The SMILES string of the molecule is Nc1ccc(N)c(CNc2ccccc2N2CCCC2)c1. The first-order chi connectivity index (χ1) is 10.2. The highest BCUT2D eigenvalue weighted by molar-refractivity contribution is 5.70. The van der Waals surface area contributed by atoms with Crippen molar-refractivity contribution in [2.24, 2.45) is 0 Å². The van der Waals surface area contributed by atoms with E-state index in [-0.39, 0.29) is 0 Å². The molecular weight excluding hydrogens is 260 g/mol. The van der Waals surface area contributed by atoms with Gasteiger partial charge < -0.3 is 21.7 Å². The molecular formula is C17H22N4. The van der Waals surface area contributed by atoms with Crippen LogP contribution in [0.2, 0.25) is 0 Å². The standard InChI is InChI=1S/C17H22N4/c18-14-7-8-15(19)13(11-14)12-20-16-5-1-2-6-17(16)21-9-3-4-10-21/h1-2,5-8,11,20H,3-4,9-10,12,18-19H2. The van der Waals surface area contributed by atoms with Crippen LogP contribution >= 0.6 is 0 Å². The van der Waals surface area contributed by atoms with Gasteiger partial charge in [0.1, 0.15) is 0 Å². The number of nitrogens with two attached hydrogens (primary N) is 2. The van der Waals surface area contributed by atoms with E-state index < -0.39 is 0 Å². The summed E-state index contributed by atoms with van der Waals surface area (Å²) in [4.78, 5) is 2.44. The third kappa shape index (κ3) is 3.05. The molecule has 1 aliphatic rings. The van der Waals surface area contributed by atoms with Gasteiger partial charge in [-0.25, -0.2) is 0 Å². The molecule has 2 aromatic carbocycles. The first-order valence-electron chi connectivity index (χ1n) is 7.46. The molecule has 0 spiro atoms. The lowest BCUT2D eigenvalue weighted by molar-refractivity contribution is 0.949. The quantitative estimate of drug-likeness (QED) is 0.754. The van der Waals surface area contributed by atoms with E-state index in [4.69, 9.17) is 11.5 Å². The van der Waals surface area contributed by atoms with E-state index in [1.54, 1.807) is 0 Å². The van der Waals surface area contributed by atoms with Crippen LogP contribution in [0, 0.1) is 0 Å². The predicted molar refractivity (Wildman–Crippen MR) is 90.5 cm³/mol. The van der Waals surface area contributed by atoms with Gasteiger partial charge in [-0.1, -0.05) is 12.1 Å². The van der Waals surface area contributed by atoms with Crippen molar-refractivity contribution in [3.05, 3.63) is 48.0 Å². The molecule has 4 heteroatoms. The number of para-hydroxylation sites is 2. The molecule has 0 saturated carbocycles. The van der Waals surface area contributed by atoms with Crippen LogP contribution in [0.5, 0.6) is 0 Å². The van der Waals surface area contributed by atoms with Gasteiger partial charge in [0, 0.05) is 31.0 Å². The summed E-state index contributed by atoms with van der Waals surface area (Å²) in [6.45, 7) is 2.96. The fourth-order valence-electron chi connectivity index (χ4n) is 2.83. The van der Waals surface area contributed by atoms with Crippen molar-refractivity contribution in [3.8, 4) is 0 Å². The highest BCUT2D eigenvalue weighted by Gasteiger charge is 2.15. The summed E-state index contributed by atoms with van der Waals surface area (Å²) in [5, 5.41) is 3.50. The Morgan fingerprint density at radius 1 is 1.00 bits per heavy atom. The number of hydrogen-bond donors (Lipinski definition) is 3. The normalized spacial score (nSPS) is 14.4. The topological polar surface area (TPSA) is 67.3 Å². The van der Waals surface area contributed by atoms with E-state index in [0.717, 1.165) is 35.7 Å². The molecule has 4 nitrogen and oxygen atoms in total. The molecule has 0 unspecified atom stereocenters. The van der Waals surface area contributed by atoms with Crippen LogP contribution in [0.1, 0.15) is 18.4 Å². The van der Waals surface area contributed by atoms with E-state index in [9.17, 15) is 0 Å². The molecule has 1 aliphatic heterocycles. The third-order valence-corrected chi connectivity index (χ3v) is 3.99. The molecule has 0 atom stereocenters. The summed E-state index contributed by atoms with van der Waals surface area (Å²) in [7, 11) is 0. The van der Waals surface area contributed by atoms with Crippen LogP contribution < -0.4 is 21.7 Å². The lowest BCUT2D eigenvalue weighted by Gasteiger charge is -2.22. The minimum atomic E-state index is 0.682. The van der Waals surface area contributed by atoms with Crippen molar-refractivity contribution in [1.29, 1.82) is 0 Å². The molecule has 5 N–H and O–H groups in total. The van der Waals surface area contributed by atoms with Crippen LogP contribution in [0.3, 0.4) is 0 Å². The average Bonchev–Trinajstić information content (AvgIpc) is 3.03. The zero-order chi connectivity index (χ0) is 14.7. The zero-order valence-electron chi connectivity index (χ0n) is 12.2. The van der Waals surface area contributed by atoms with E-state index in [2.05, 4.69) is 34.5 Å². The predicted octanol–water partition coefficient (Wildman–Crippen LogP) is 3.06. The Morgan fingerprint density at radius 3 is 2.57 bits per heavy atom. The van der Waals surface area contributed by atoms with Gasteiger partial charge in [-0.15, -0.1) is 0 Å². The second kappa shape index (κ2) is 5.95. The van der Waals surface area contributed by atoms with Gasteiger partial charge in [-0.2, -0.15) is 0 Å². The van der Waals surface area contributed by atoms with Crippen LogP contribution in [-0.4, -0.2) is 13.1 Å². The molecule has 0 aliphatic carbocycles. The summed E-state index contributed by atoms with van der Waals surface area (Å²) in [5.41, 5.74) is 16.8. The van der Waals surface area contributed by atoms with E-state index in [1.807, 2.05) is 18.2 Å². The Hall–Kier alpha value is -2.36. The Kier molecular flexibility index (Phi) is 3.86. The Morgan fingerprint density at radius 2 is 1.76 bits per heavy atom. The first kappa shape index (κ1) is 13.6. The maximum absolute atomic E-state index is 6.01. The number of benzene rings is 2. The Balaban J connectivity index is 1.77. The molecule has 0 aromatic heterocycles. The van der Waals surface area contributed by atoms with Crippen molar-refractivity contribution in [3.63, 3.8) is 0 Å². The van der Waals surface area contributed by atoms with Crippen LogP contribution in [0.4, 0.5) is 22.7 Å². The fraction of sp³-hybridized carbons (Fsp3) is 0.294. The van der Waals surface area contributed by atoms with Gasteiger partial charge in [-0.3, -0.25) is 0 Å². The second-order valence-corrected chi connectivity index (χ2v) is 5.52. The summed E-state index contributed by atoms with van der Waals surface area (Å²) in [5.74, 6) is 0. The smallest absolute Gasteiger partial charge is 0.0602 e. The first-order valence-corrected chi connectivity index (χ1v) is 7.46. The molecule has 0 radical (unpaired) electrons. The summed E-state index contributed by atoms with van der Waals surface area (Å²) >= 11 is 0. The molecule has 1 fully saturated rings. The highest BCUT2D eigenvalue weighted by Crippen LogP contribution is 2.29. The summed E-state index contributed by atoms with van der Waals surface area (Å²) in [6.07, 6.45) is 2.55. The fourth-order valence-corrected chi connectivity index (χ4v) is 2.83. The molecule has 1 saturated heterocycles. The summed E-state index contributed by atoms with van der Waals surface area (Å²) in [6, 6.07) is 14.1. The Labute approximate surface area is 125 Å². The van der Waals surface area contributed by atoms with E-state index in [1.165, 1.54) is 18.5 Å². The summed E-state index contributed by atoms with van der Waals surface area (Å²) < 4.78 is 0. The average molecular weight is 282 g/mol. The molecule has 0 amide bonds. The Bertz CT molecular complexity index is 618. The van der Waals surface area contributed by atoms with Gasteiger partial charge in [0.05, 0.1) is 11.4 Å². The third-order valence-electron chi connectivity index (χ3n) is 3.99. The number of nitrogens with one attached hydrogen (secondary N) is 1.